The number of halogens is 1. The van der Waals surface area contributed by atoms with Gasteiger partial charge in [-0.3, -0.25) is 4.79 Å². The third kappa shape index (κ3) is 5.55. The number of rotatable bonds is 5. The Kier molecular flexibility index (Phi) is 5.29. The maximum Gasteiger partial charge on any atom is 0.251 e. The van der Waals surface area contributed by atoms with Crippen molar-refractivity contribution in [2.24, 2.45) is 0 Å². The smallest absolute Gasteiger partial charge is 0.251 e. The lowest BCUT2D eigenvalue weighted by Gasteiger charge is -2.27. The number of pyridine rings is 1. The number of carbonyl (C=O) groups excluding carboxylic acids is 1. The van der Waals surface area contributed by atoms with Crippen LogP contribution < -0.4 is 5.32 Å². The molecule has 0 aliphatic heterocycles. The van der Waals surface area contributed by atoms with Crippen LogP contribution in [-0.2, 0) is 0 Å². The first-order valence-corrected chi connectivity index (χ1v) is 6.37. The molecule has 19 heavy (non-hydrogen) atoms. The van der Waals surface area contributed by atoms with Gasteiger partial charge in [-0.15, -0.1) is 0 Å². The van der Waals surface area contributed by atoms with E-state index in [2.05, 4.69) is 10.3 Å². The molecule has 1 heterocycles. The molecule has 0 fully saturated rings. The van der Waals surface area contributed by atoms with Gasteiger partial charge >= 0.3 is 0 Å². The second-order valence-electron chi connectivity index (χ2n) is 5.24. The Hall–Kier alpha value is -1.17. The van der Waals surface area contributed by atoms with Crippen LogP contribution in [0.4, 0.5) is 0 Å². The largest absolute Gasteiger partial charge is 0.387 e. The molecule has 0 radical (unpaired) electrons. The predicted octanol–water partition coefficient (Wildman–Crippen LogP) is 1.09. The van der Waals surface area contributed by atoms with E-state index in [1.54, 1.807) is 19.9 Å². The van der Waals surface area contributed by atoms with E-state index in [1.807, 2.05) is 19.0 Å². The highest BCUT2D eigenvalue weighted by atomic mass is 35.5. The average Bonchev–Trinajstić information content (AvgIpc) is 2.22. The zero-order valence-electron chi connectivity index (χ0n) is 11.7. The SMILES string of the molecule is Cc1cc(C(=O)NCC(C)(O)CN(C)C)cc(Cl)n1. The number of amides is 1. The number of nitrogens with zero attached hydrogens (tertiary/aromatic N) is 2. The van der Waals surface area contributed by atoms with Gasteiger partial charge in [-0.05, 0) is 40.1 Å². The number of carbonyl (C=O) groups is 1. The molecule has 1 aromatic rings. The molecule has 0 bridgehead atoms. The van der Waals surface area contributed by atoms with Crippen molar-refractivity contribution in [3.63, 3.8) is 0 Å². The summed E-state index contributed by atoms with van der Waals surface area (Å²) in [6.45, 7) is 4.08. The highest BCUT2D eigenvalue weighted by Crippen LogP contribution is 2.11. The molecule has 0 saturated heterocycles. The first-order chi connectivity index (χ1) is 8.69. The molecule has 0 spiro atoms. The van der Waals surface area contributed by atoms with Crippen molar-refractivity contribution in [3.8, 4) is 0 Å². The van der Waals surface area contributed by atoms with Gasteiger partial charge in [-0.1, -0.05) is 11.6 Å². The Morgan fingerprint density at radius 1 is 1.53 bits per heavy atom. The summed E-state index contributed by atoms with van der Waals surface area (Å²) in [5, 5.41) is 13.1. The maximum atomic E-state index is 12.0. The molecule has 1 atom stereocenters. The highest BCUT2D eigenvalue weighted by molar-refractivity contribution is 6.29. The molecule has 2 N–H and O–H groups in total. The number of nitrogens with one attached hydrogen (secondary N) is 1. The van der Waals surface area contributed by atoms with Crippen LogP contribution in [0.25, 0.3) is 0 Å². The topological polar surface area (TPSA) is 65.5 Å². The van der Waals surface area contributed by atoms with Crippen molar-refractivity contribution in [2.45, 2.75) is 19.4 Å². The van der Waals surface area contributed by atoms with Crippen LogP contribution in [0, 0.1) is 6.92 Å². The lowest BCUT2D eigenvalue weighted by Crippen LogP contribution is -2.47. The fourth-order valence-electron chi connectivity index (χ4n) is 1.87. The Morgan fingerprint density at radius 3 is 2.68 bits per heavy atom. The van der Waals surface area contributed by atoms with E-state index < -0.39 is 5.60 Å². The second-order valence-corrected chi connectivity index (χ2v) is 5.62. The molecule has 1 rings (SSSR count). The van der Waals surface area contributed by atoms with Crippen molar-refractivity contribution in [1.29, 1.82) is 0 Å². The van der Waals surface area contributed by atoms with Crippen LogP contribution in [0.3, 0.4) is 0 Å². The first kappa shape index (κ1) is 15.9. The lowest BCUT2D eigenvalue weighted by atomic mass is 10.1. The van der Waals surface area contributed by atoms with E-state index in [0.29, 0.717) is 17.8 Å². The van der Waals surface area contributed by atoms with Crippen LogP contribution in [0.15, 0.2) is 12.1 Å². The summed E-state index contributed by atoms with van der Waals surface area (Å²) >= 11 is 5.81. The zero-order chi connectivity index (χ0) is 14.6. The molecule has 0 aliphatic rings. The van der Waals surface area contributed by atoms with Crippen molar-refractivity contribution < 1.29 is 9.90 Å². The van der Waals surface area contributed by atoms with E-state index in [4.69, 9.17) is 11.6 Å². The molecule has 106 valence electrons. The Bertz CT molecular complexity index is 441. The van der Waals surface area contributed by atoms with E-state index in [-0.39, 0.29) is 17.6 Å². The Balaban J connectivity index is 2.65. The third-order valence-corrected chi connectivity index (χ3v) is 2.66. The van der Waals surface area contributed by atoms with Crippen molar-refractivity contribution in [1.82, 2.24) is 15.2 Å². The van der Waals surface area contributed by atoms with Gasteiger partial charge in [0, 0.05) is 24.3 Å². The monoisotopic (exact) mass is 285 g/mol. The normalized spacial score (nSPS) is 14.3. The fraction of sp³-hybridized carbons (Fsp3) is 0.538. The summed E-state index contributed by atoms with van der Waals surface area (Å²) in [6, 6.07) is 3.16. The summed E-state index contributed by atoms with van der Waals surface area (Å²) in [7, 11) is 3.73. The number of aromatic nitrogens is 1. The predicted molar refractivity (Wildman–Crippen MR) is 75.5 cm³/mol. The van der Waals surface area contributed by atoms with Gasteiger partial charge in [0.2, 0.25) is 0 Å². The van der Waals surface area contributed by atoms with Gasteiger partial charge in [0.15, 0.2) is 0 Å². The van der Waals surface area contributed by atoms with Crippen molar-refractivity contribution in [2.75, 3.05) is 27.2 Å². The van der Waals surface area contributed by atoms with Gasteiger partial charge in [0.1, 0.15) is 5.15 Å². The summed E-state index contributed by atoms with van der Waals surface area (Å²) in [6.07, 6.45) is 0. The molecule has 1 amide bonds. The second kappa shape index (κ2) is 6.32. The molecule has 0 aliphatic carbocycles. The van der Waals surface area contributed by atoms with Crippen LogP contribution in [0.5, 0.6) is 0 Å². The van der Waals surface area contributed by atoms with Gasteiger partial charge < -0.3 is 15.3 Å². The molecule has 1 aromatic heterocycles. The summed E-state index contributed by atoms with van der Waals surface area (Å²) in [4.78, 5) is 17.8. The average molecular weight is 286 g/mol. The van der Waals surface area contributed by atoms with Crippen LogP contribution in [0.1, 0.15) is 23.0 Å². The van der Waals surface area contributed by atoms with E-state index in [9.17, 15) is 9.90 Å². The van der Waals surface area contributed by atoms with Crippen molar-refractivity contribution in [3.05, 3.63) is 28.5 Å². The first-order valence-electron chi connectivity index (χ1n) is 5.99. The maximum absolute atomic E-state index is 12.0. The number of aliphatic hydroxyl groups is 1. The van der Waals surface area contributed by atoms with Gasteiger partial charge in [0.05, 0.1) is 5.60 Å². The Labute approximate surface area is 118 Å². The standard InChI is InChI=1S/C13H20ClN3O2/c1-9-5-10(6-11(14)16-9)12(18)15-7-13(2,19)8-17(3)4/h5-6,19H,7-8H2,1-4H3,(H,15,18). The van der Waals surface area contributed by atoms with Crippen LogP contribution >= 0.6 is 11.6 Å². The van der Waals surface area contributed by atoms with Gasteiger partial charge in [-0.25, -0.2) is 4.98 Å². The minimum atomic E-state index is -0.981. The summed E-state index contributed by atoms with van der Waals surface area (Å²) < 4.78 is 0. The quantitative estimate of drug-likeness (QED) is 0.795. The molecule has 6 heteroatoms. The fourth-order valence-corrected chi connectivity index (χ4v) is 2.12. The Morgan fingerprint density at radius 2 is 2.16 bits per heavy atom. The summed E-state index contributed by atoms with van der Waals surface area (Å²) in [5.41, 5.74) is 0.140. The van der Waals surface area contributed by atoms with Gasteiger partial charge in [-0.2, -0.15) is 0 Å². The minimum Gasteiger partial charge on any atom is -0.387 e. The number of aryl methyl sites for hydroxylation is 1. The molecule has 0 saturated carbocycles. The number of hydrogen-bond acceptors (Lipinski definition) is 4. The zero-order valence-corrected chi connectivity index (χ0v) is 12.5. The third-order valence-electron chi connectivity index (χ3n) is 2.47. The van der Waals surface area contributed by atoms with Crippen LogP contribution in [0.2, 0.25) is 5.15 Å². The molecule has 1 unspecified atom stereocenters. The van der Waals surface area contributed by atoms with Crippen LogP contribution in [-0.4, -0.2) is 53.7 Å². The number of hydrogen-bond donors (Lipinski definition) is 2. The van der Waals surface area contributed by atoms with Gasteiger partial charge in [0.25, 0.3) is 5.91 Å². The molecule has 0 aromatic carbocycles. The lowest BCUT2D eigenvalue weighted by molar-refractivity contribution is 0.0326. The number of likely N-dealkylation sites (N-methyl/N-ethyl adjacent to an activating group) is 1. The van der Waals surface area contributed by atoms with E-state index in [0.717, 1.165) is 0 Å². The van der Waals surface area contributed by atoms with E-state index in [1.165, 1.54) is 6.07 Å². The molecule has 5 nitrogen and oxygen atoms in total. The van der Waals surface area contributed by atoms with Crippen molar-refractivity contribution >= 4 is 17.5 Å². The van der Waals surface area contributed by atoms with E-state index >= 15 is 0 Å². The highest BCUT2D eigenvalue weighted by Gasteiger charge is 2.22. The molecular formula is C13H20ClN3O2. The molecular weight excluding hydrogens is 266 g/mol. The summed E-state index contributed by atoms with van der Waals surface area (Å²) in [5.74, 6) is -0.272. The minimum absolute atomic E-state index is 0.170.